The third-order valence-corrected chi connectivity index (χ3v) is 3.64. The van der Waals surface area contributed by atoms with Crippen LogP contribution in [-0.4, -0.2) is 24.0 Å². The van der Waals surface area contributed by atoms with Crippen LogP contribution in [0.5, 0.6) is 11.5 Å². The van der Waals surface area contributed by atoms with Gasteiger partial charge in [-0.3, -0.25) is 4.79 Å². The van der Waals surface area contributed by atoms with Gasteiger partial charge in [-0.05, 0) is 23.3 Å². The summed E-state index contributed by atoms with van der Waals surface area (Å²) in [6.07, 6.45) is 0. The number of benzene rings is 2. The Morgan fingerprint density at radius 2 is 1.64 bits per heavy atom. The smallest absolute Gasteiger partial charge is 0.220 e. The Bertz CT molecular complexity index is 655. The Balaban J connectivity index is 1.75. The summed E-state index contributed by atoms with van der Waals surface area (Å²) < 4.78 is 11.1. The van der Waals surface area contributed by atoms with Gasteiger partial charge < -0.3 is 14.4 Å². The lowest BCUT2D eigenvalue weighted by Crippen LogP contribution is -2.27. The Morgan fingerprint density at radius 1 is 0.955 bits per heavy atom. The quantitative estimate of drug-likeness (QED) is 0.871. The van der Waals surface area contributed by atoms with Crippen molar-refractivity contribution in [2.24, 2.45) is 0 Å². The van der Waals surface area contributed by atoms with Gasteiger partial charge in [-0.2, -0.15) is 0 Å². The second-order valence-electron chi connectivity index (χ2n) is 5.34. The van der Waals surface area contributed by atoms with Crippen LogP contribution < -0.4 is 9.47 Å². The average Bonchev–Trinajstić information content (AvgIpc) is 2.55. The van der Waals surface area contributed by atoms with E-state index in [0.717, 1.165) is 22.6 Å². The van der Waals surface area contributed by atoms with Crippen LogP contribution in [0, 0.1) is 0 Å². The van der Waals surface area contributed by atoms with Crippen molar-refractivity contribution in [2.45, 2.75) is 20.0 Å². The van der Waals surface area contributed by atoms with Crippen LogP contribution in [0.1, 0.15) is 18.1 Å². The highest BCUT2D eigenvalue weighted by molar-refractivity contribution is 5.73. The summed E-state index contributed by atoms with van der Waals surface area (Å²) in [7, 11) is 0. The van der Waals surface area contributed by atoms with Gasteiger partial charge >= 0.3 is 0 Å². The monoisotopic (exact) mass is 297 g/mol. The molecule has 1 aliphatic rings. The molecule has 1 aliphatic heterocycles. The highest BCUT2D eigenvalue weighted by Crippen LogP contribution is 2.31. The molecule has 0 fully saturated rings. The van der Waals surface area contributed by atoms with E-state index < -0.39 is 0 Å². The SMILES string of the molecule is CC(=O)N(Cc1ccccc1)Cc1ccc2c(c1)OCCO2. The molecular formula is C18H19NO3. The number of hydrogen-bond donors (Lipinski definition) is 0. The minimum atomic E-state index is 0.0544. The fourth-order valence-corrected chi connectivity index (χ4v) is 2.49. The lowest BCUT2D eigenvalue weighted by Gasteiger charge is -2.23. The first-order chi connectivity index (χ1) is 10.7. The number of fused-ring (bicyclic) bond motifs is 1. The molecule has 0 atom stereocenters. The minimum absolute atomic E-state index is 0.0544. The Hall–Kier alpha value is -2.49. The summed E-state index contributed by atoms with van der Waals surface area (Å²) in [4.78, 5) is 13.7. The molecule has 0 saturated heterocycles. The van der Waals surface area contributed by atoms with Crippen molar-refractivity contribution in [1.82, 2.24) is 4.90 Å². The molecule has 114 valence electrons. The van der Waals surface area contributed by atoms with E-state index in [9.17, 15) is 4.79 Å². The van der Waals surface area contributed by atoms with E-state index in [1.165, 1.54) is 0 Å². The highest BCUT2D eigenvalue weighted by atomic mass is 16.6. The molecule has 0 N–H and O–H groups in total. The molecule has 1 amide bonds. The molecule has 0 bridgehead atoms. The van der Waals surface area contributed by atoms with E-state index in [1.54, 1.807) is 6.92 Å². The number of ether oxygens (including phenoxy) is 2. The molecule has 22 heavy (non-hydrogen) atoms. The average molecular weight is 297 g/mol. The van der Waals surface area contributed by atoms with Gasteiger partial charge in [0.05, 0.1) is 0 Å². The predicted molar refractivity (Wildman–Crippen MR) is 83.8 cm³/mol. The number of amides is 1. The molecule has 0 saturated carbocycles. The van der Waals surface area contributed by atoms with Gasteiger partial charge in [0.25, 0.3) is 0 Å². The van der Waals surface area contributed by atoms with E-state index in [1.807, 2.05) is 53.4 Å². The van der Waals surface area contributed by atoms with Crippen LogP contribution >= 0.6 is 0 Å². The zero-order chi connectivity index (χ0) is 15.4. The van der Waals surface area contributed by atoms with Crippen LogP contribution in [0.25, 0.3) is 0 Å². The maximum Gasteiger partial charge on any atom is 0.220 e. The largest absolute Gasteiger partial charge is 0.486 e. The van der Waals surface area contributed by atoms with Crippen LogP contribution in [0.15, 0.2) is 48.5 Å². The predicted octanol–water partition coefficient (Wildman–Crippen LogP) is 3.01. The van der Waals surface area contributed by atoms with Crippen molar-refractivity contribution in [3.8, 4) is 11.5 Å². The topological polar surface area (TPSA) is 38.8 Å². The third kappa shape index (κ3) is 3.39. The van der Waals surface area contributed by atoms with E-state index in [4.69, 9.17) is 9.47 Å². The minimum Gasteiger partial charge on any atom is -0.486 e. The first kappa shape index (κ1) is 14.4. The summed E-state index contributed by atoms with van der Waals surface area (Å²) in [6, 6.07) is 15.8. The summed E-state index contributed by atoms with van der Waals surface area (Å²) in [6.45, 7) is 3.91. The molecule has 0 radical (unpaired) electrons. The number of carbonyl (C=O) groups is 1. The number of hydrogen-bond acceptors (Lipinski definition) is 3. The second kappa shape index (κ2) is 6.52. The van der Waals surface area contributed by atoms with E-state index in [0.29, 0.717) is 26.3 Å². The highest BCUT2D eigenvalue weighted by Gasteiger charge is 2.15. The van der Waals surface area contributed by atoms with E-state index in [-0.39, 0.29) is 5.91 Å². The van der Waals surface area contributed by atoms with Crippen molar-refractivity contribution in [1.29, 1.82) is 0 Å². The number of carbonyl (C=O) groups excluding carboxylic acids is 1. The second-order valence-corrected chi connectivity index (χ2v) is 5.34. The van der Waals surface area contributed by atoms with Crippen LogP contribution in [0.4, 0.5) is 0 Å². The van der Waals surface area contributed by atoms with Gasteiger partial charge in [0.1, 0.15) is 13.2 Å². The normalized spacial score (nSPS) is 12.8. The first-order valence-corrected chi connectivity index (χ1v) is 7.40. The molecule has 2 aromatic carbocycles. The molecular weight excluding hydrogens is 278 g/mol. The lowest BCUT2D eigenvalue weighted by atomic mass is 10.1. The van der Waals surface area contributed by atoms with Crippen molar-refractivity contribution in [2.75, 3.05) is 13.2 Å². The van der Waals surface area contributed by atoms with Gasteiger partial charge in [0.15, 0.2) is 11.5 Å². The van der Waals surface area contributed by atoms with Gasteiger partial charge in [-0.25, -0.2) is 0 Å². The molecule has 4 heteroatoms. The summed E-state index contributed by atoms with van der Waals surface area (Å²) in [5.41, 5.74) is 2.16. The summed E-state index contributed by atoms with van der Waals surface area (Å²) in [5, 5.41) is 0. The Kier molecular flexibility index (Phi) is 4.28. The molecule has 1 heterocycles. The molecule has 4 nitrogen and oxygen atoms in total. The maximum atomic E-state index is 11.9. The lowest BCUT2D eigenvalue weighted by molar-refractivity contribution is -0.130. The number of rotatable bonds is 4. The van der Waals surface area contributed by atoms with Gasteiger partial charge in [0.2, 0.25) is 5.91 Å². The number of nitrogens with zero attached hydrogens (tertiary/aromatic N) is 1. The van der Waals surface area contributed by atoms with Gasteiger partial charge in [-0.1, -0.05) is 36.4 Å². The van der Waals surface area contributed by atoms with Crippen LogP contribution in [-0.2, 0) is 17.9 Å². The van der Waals surface area contributed by atoms with Crippen molar-refractivity contribution in [3.05, 3.63) is 59.7 Å². The Morgan fingerprint density at radius 3 is 2.36 bits per heavy atom. The molecule has 2 aromatic rings. The standard InChI is InChI=1S/C18H19NO3/c1-14(20)19(12-15-5-3-2-4-6-15)13-16-7-8-17-18(11-16)22-10-9-21-17/h2-8,11H,9-10,12-13H2,1H3. The van der Waals surface area contributed by atoms with Crippen molar-refractivity contribution < 1.29 is 14.3 Å². The van der Waals surface area contributed by atoms with Crippen molar-refractivity contribution >= 4 is 5.91 Å². The molecule has 0 unspecified atom stereocenters. The van der Waals surface area contributed by atoms with Crippen LogP contribution in [0.3, 0.4) is 0 Å². The molecule has 0 aliphatic carbocycles. The zero-order valence-corrected chi connectivity index (χ0v) is 12.6. The Labute approximate surface area is 130 Å². The maximum absolute atomic E-state index is 11.9. The summed E-state index contributed by atoms with van der Waals surface area (Å²) >= 11 is 0. The fraction of sp³-hybridized carbons (Fsp3) is 0.278. The molecule has 3 rings (SSSR count). The van der Waals surface area contributed by atoms with Crippen molar-refractivity contribution in [3.63, 3.8) is 0 Å². The van der Waals surface area contributed by atoms with Gasteiger partial charge in [0, 0.05) is 20.0 Å². The first-order valence-electron chi connectivity index (χ1n) is 7.40. The fourth-order valence-electron chi connectivity index (χ4n) is 2.49. The van der Waals surface area contributed by atoms with E-state index >= 15 is 0 Å². The summed E-state index contributed by atoms with van der Waals surface area (Å²) in [5.74, 6) is 1.58. The van der Waals surface area contributed by atoms with E-state index in [2.05, 4.69) is 0 Å². The molecule has 0 spiro atoms. The molecule has 0 aromatic heterocycles. The van der Waals surface area contributed by atoms with Crippen LogP contribution in [0.2, 0.25) is 0 Å². The third-order valence-electron chi connectivity index (χ3n) is 3.64. The van der Waals surface area contributed by atoms with Gasteiger partial charge in [-0.15, -0.1) is 0 Å². The zero-order valence-electron chi connectivity index (χ0n) is 12.6.